The lowest BCUT2D eigenvalue weighted by atomic mass is 11.5. The van der Waals surface area contributed by atoms with Crippen molar-refractivity contribution >= 4 is 10.0 Å². The maximum atomic E-state index is 10.1. The molecule has 0 aromatic carbocycles. The fourth-order valence-electron chi connectivity index (χ4n) is 0.185. The van der Waals surface area contributed by atoms with Crippen molar-refractivity contribution in [2.45, 2.75) is 0 Å². The van der Waals surface area contributed by atoms with Crippen LogP contribution in [0.4, 0.5) is 0 Å². The first-order chi connectivity index (χ1) is 3.06. The molecule has 44 valence electrons. The van der Waals surface area contributed by atoms with Crippen molar-refractivity contribution in [3.05, 3.63) is 0 Å². The SMILES string of the molecule is CNNS(C)(=O)=O. The number of nitrogens with one attached hydrogen (secondary N) is 2. The van der Waals surface area contributed by atoms with E-state index in [4.69, 9.17) is 0 Å². The largest absolute Gasteiger partial charge is 0.247 e. The average molecular weight is 124 g/mol. The van der Waals surface area contributed by atoms with Crippen molar-refractivity contribution in [2.24, 2.45) is 0 Å². The van der Waals surface area contributed by atoms with Gasteiger partial charge >= 0.3 is 0 Å². The molecule has 0 aromatic rings. The van der Waals surface area contributed by atoms with Gasteiger partial charge in [0.05, 0.1) is 6.26 Å². The van der Waals surface area contributed by atoms with Gasteiger partial charge in [-0.1, -0.05) is 0 Å². The van der Waals surface area contributed by atoms with Crippen LogP contribution in [0.1, 0.15) is 0 Å². The molecule has 0 heterocycles. The second-order valence-electron chi connectivity index (χ2n) is 1.12. The maximum absolute atomic E-state index is 10.1. The monoisotopic (exact) mass is 124 g/mol. The topological polar surface area (TPSA) is 58.2 Å². The Morgan fingerprint density at radius 1 is 1.43 bits per heavy atom. The maximum Gasteiger partial charge on any atom is 0.221 e. The number of hydrogen-bond acceptors (Lipinski definition) is 3. The Bertz CT molecular complexity index is 127. The van der Waals surface area contributed by atoms with Crippen LogP contribution >= 0.6 is 0 Å². The van der Waals surface area contributed by atoms with E-state index in [-0.39, 0.29) is 0 Å². The summed E-state index contributed by atoms with van der Waals surface area (Å²) in [5.74, 6) is 0. The Hall–Kier alpha value is -0.130. The van der Waals surface area contributed by atoms with Crippen molar-refractivity contribution < 1.29 is 8.42 Å². The quantitative estimate of drug-likeness (QED) is 0.448. The highest BCUT2D eigenvalue weighted by atomic mass is 32.2. The van der Waals surface area contributed by atoms with Gasteiger partial charge in [-0.2, -0.15) is 4.83 Å². The van der Waals surface area contributed by atoms with E-state index in [2.05, 4.69) is 5.43 Å². The molecular formula is C2H8N2O2S. The summed E-state index contributed by atoms with van der Waals surface area (Å²) in [4.78, 5) is 2.01. The van der Waals surface area contributed by atoms with Gasteiger partial charge in [-0.15, -0.1) is 0 Å². The molecule has 0 atom stereocenters. The number of hydrogen-bond donors (Lipinski definition) is 2. The van der Waals surface area contributed by atoms with Crippen molar-refractivity contribution in [3.8, 4) is 0 Å². The molecule has 0 amide bonds. The Labute approximate surface area is 42.9 Å². The van der Waals surface area contributed by atoms with Gasteiger partial charge < -0.3 is 0 Å². The lowest BCUT2D eigenvalue weighted by Crippen LogP contribution is -2.32. The van der Waals surface area contributed by atoms with Crippen molar-refractivity contribution in [1.29, 1.82) is 0 Å². The van der Waals surface area contributed by atoms with E-state index in [0.29, 0.717) is 0 Å². The molecule has 0 aliphatic rings. The summed E-state index contributed by atoms with van der Waals surface area (Å²) < 4.78 is 20.1. The molecule has 5 heteroatoms. The normalized spacial score (nSPS) is 11.7. The molecule has 0 radical (unpaired) electrons. The van der Waals surface area contributed by atoms with Crippen molar-refractivity contribution in [3.63, 3.8) is 0 Å². The van der Waals surface area contributed by atoms with E-state index in [9.17, 15) is 8.42 Å². The third kappa shape index (κ3) is 5.87. The molecule has 0 aliphatic heterocycles. The smallest absolute Gasteiger partial charge is 0.221 e. The molecule has 0 bridgehead atoms. The molecule has 0 aromatic heterocycles. The van der Waals surface area contributed by atoms with Crippen LogP contribution in [0.15, 0.2) is 0 Å². The van der Waals surface area contributed by atoms with Crippen LogP contribution < -0.4 is 10.3 Å². The van der Waals surface area contributed by atoms with Gasteiger partial charge in [0.1, 0.15) is 0 Å². The van der Waals surface area contributed by atoms with Gasteiger partial charge in [-0.25, -0.2) is 13.8 Å². The molecule has 0 fully saturated rings. The summed E-state index contributed by atoms with van der Waals surface area (Å²) in [5.41, 5.74) is 2.27. The van der Waals surface area contributed by atoms with E-state index in [1.54, 1.807) is 0 Å². The van der Waals surface area contributed by atoms with Gasteiger partial charge in [-0.05, 0) is 7.05 Å². The zero-order valence-corrected chi connectivity index (χ0v) is 5.04. The van der Waals surface area contributed by atoms with Crippen LogP contribution in [0.2, 0.25) is 0 Å². The Morgan fingerprint density at radius 2 is 1.86 bits per heavy atom. The number of sulfonamides is 1. The third-order valence-electron chi connectivity index (χ3n) is 0.287. The highest BCUT2D eigenvalue weighted by Crippen LogP contribution is 1.62. The Morgan fingerprint density at radius 3 is 1.86 bits per heavy atom. The van der Waals surface area contributed by atoms with Gasteiger partial charge in [0.2, 0.25) is 10.0 Å². The van der Waals surface area contributed by atoms with Gasteiger partial charge in [0.25, 0.3) is 0 Å². The van der Waals surface area contributed by atoms with Crippen molar-refractivity contribution in [2.75, 3.05) is 13.3 Å². The summed E-state index contributed by atoms with van der Waals surface area (Å²) in [6.07, 6.45) is 1.07. The molecule has 0 aliphatic carbocycles. The first kappa shape index (κ1) is 6.87. The summed E-state index contributed by atoms with van der Waals surface area (Å²) in [6, 6.07) is 0. The highest BCUT2D eigenvalue weighted by Gasteiger charge is 1.92. The Balaban J connectivity index is 3.60. The van der Waals surface area contributed by atoms with Crippen molar-refractivity contribution in [1.82, 2.24) is 10.3 Å². The van der Waals surface area contributed by atoms with E-state index in [1.807, 2.05) is 4.83 Å². The molecular weight excluding hydrogens is 116 g/mol. The van der Waals surface area contributed by atoms with Crippen LogP contribution in [0, 0.1) is 0 Å². The highest BCUT2D eigenvalue weighted by molar-refractivity contribution is 7.88. The fraction of sp³-hybridized carbons (Fsp3) is 1.00. The van der Waals surface area contributed by atoms with E-state index < -0.39 is 10.0 Å². The van der Waals surface area contributed by atoms with Crippen LogP contribution in [-0.2, 0) is 10.0 Å². The van der Waals surface area contributed by atoms with Gasteiger partial charge in [-0.3, -0.25) is 0 Å². The zero-order valence-electron chi connectivity index (χ0n) is 4.22. The molecule has 0 unspecified atom stereocenters. The van der Waals surface area contributed by atoms with Crippen LogP contribution in [-0.4, -0.2) is 21.7 Å². The summed E-state index contributed by atoms with van der Waals surface area (Å²) >= 11 is 0. The second kappa shape index (κ2) is 2.25. The average Bonchev–Trinajstić information content (AvgIpc) is 1.30. The minimum Gasteiger partial charge on any atom is -0.247 e. The van der Waals surface area contributed by atoms with Crippen LogP contribution in [0.3, 0.4) is 0 Å². The summed E-state index contributed by atoms with van der Waals surface area (Å²) in [5, 5.41) is 0. The van der Waals surface area contributed by atoms with Crippen LogP contribution in [0.25, 0.3) is 0 Å². The third-order valence-corrected chi connectivity index (χ3v) is 0.862. The van der Waals surface area contributed by atoms with E-state index in [1.165, 1.54) is 7.05 Å². The molecule has 7 heavy (non-hydrogen) atoms. The van der Waals surface area contributed by atoms with E-state index in [0.717, 1.165) is 6.26 Å². The standard InChI is InChI=1S/C2H8N2O2S/c1-3-4-7(2,5)6/h3-4H,1-2H3. The molecule has 0 rings (SSSR count). The molecule has 0 saturated carbocycles. The first-order valence-electron chi connectivity index (χ1n) is 1.70. The van der Waals surface area contributed by atoms with Gasteiger partial charge in [0, 0.05) is 0 Å². The summed E-state index contributed by atoms with van der Waals surface area (Å²) in [7, 11) is -1.55. The van der Waals surface area contributed by atoms with Crippen LogP contribution in [0.5, 0.6) is 0 Å². The first-order valence-corrected chi connectivity index (χ1v) is 3.59. The summed E-state index contributed by atoms with van der Waals surface area (Å²) in [6.45, 7) is 0. The van der Waals surface area contributed by atoms with E-state index >= 15 is 0 Å². The minimum atomic E-state index is -3.04. The predicted molar refractivity (Wildman–Crippen MR) is 27.0 cm³/mol. The van der Waals surface area contributed by atoms with Gasteiger partial charge in [0.15, 0.2) is 0 Å². The molecule has 0 spiro atoms. The lowest BCUT2D eigenvalue weighted by molar-refractivity contribution is 0.577. The molecule has 4 nitrogen and oxygen atoms in total. The lowest BCUT2D eigenvalue weighted by Gasteiger charge is -1.93. The second-order valence-corrected chi connectivity index (χ2v) is 2.87. The zero-order chi connectivity index (χ0) is 5.91. The number of hydrazine groups is 1. The minimum absolute atomic E-state index is 1.07. The molecule has 0 saturated heterocycles. The predicted octanol–water partition coefficient (Wildman–Crippen LogP) is -1.33. The fourth-order valence-corrected chi connectivity index (χ4v) is 0.556. The Kier molecular flexibility index (Phi) is 2.21. The number of rotatable bonds is 2. The molecule has 2 N–H and O–H groups in total.